The molecule has 0 amide bonds. The number of carbonyl (C=O) groups is 1. The van der Waals surface area contributed by atoms with E-state index in [1.54, 1.807) is 17.0 Å². The molecule has 6 nitrogen and oxygen atoms in total. The average molecular weight is 334 g/mol. The molecule has 1 atom stereocenters. The number of nitrogens with zero attached hydrogens (tertiary/aromatic N) is 1. The van der Waals surface area contributed by atoms with Crippen molar-refractivity contribution in [2.24, 2.45) is 0 Å². The van der Waals surface area contributed by atoms with Gasteiger partial charge in [0.1, 0.15) is 5.75 Å². The quantitative estimate of drug-likeness (QED) is 0.838. The van der Waals surface area contributed by atoms with Crippen LogP contribution in [0.5, 0.6) is 5.75 Å². The van der Waals surface area contributed by atoms with Crippen molar-refractivity contribution in [1.29, 1.82) is 0 Å². The maximum absolute atomic E-state index is 11.6. The summed E-state index contributed by atoms with van der Waals surface area (Å²) in [4.78, 5) is 12.6. The number of hydrogen-bond acceptors (Lipinski definition) is 5. The lowest BCUT2D eigenvalue weighted by Crippen LogP contribution is -2.39. The summed E-state index contributed by atoms with van der Waals surface area (Å²) in [5.41, 5.74) is 0.725. The van der Waals surface area contributed by atoms with Gasteiger partial charge >= 0.3 is 5.97 Å². The van der Waals surface area contributed by atoms with E-state index in [9.17, 15) is 18.3 Å². The Morgan fingerprint density at radius 2 is 2.14 bits per heavy atom. The normalized spacial score (nSPS) is 20.8. The second-order valence-corrected chi connectivity index (χ2v) is 7.78. The molecule has 0 saturated carbocycles. The maximum Gasteiger partial charge on any atom is 0.317 e. The molecule has 1 aromatic carbocycles. The van der Waals surface area contributed by atoms with Crippen molar-refractivity contribution in [2.75, 3.05) is 18.1 Å². The fourth-order valence-corrected chi connectivity index (χ4v) is 4.40. The zero-order valence-electron chi connectivity index (χ0n) is 11.2. The predicted molar refractivity (Wildman–Crippen MR) is 78.2 cm³/mol. The first kappa shape index (κ1) is 16.1. The molecule has 0 spiro atoms. The van der Waals surface area contributed by atoms with Gasteiger partial charge in [0, 0.05) is 12.6 Å². The molecule has 1 unspecified atom stereocenters. The van der Waals surface area contributed by atoms with Crippen LogP contribution in [-0.2, 0) is 21.2 Å². The maximum atomic E-state index is 11.6. The molecular weight excluding hydrogens is 318 g/mol. The molecule has 1 heterocycles. The summed E-state index contributed by atoms with van der Waals surface area (Å²) in [5, 5.41) is 18.6. The number of phenols is 1. The molecule has 1 aliphatic heterocycles. The Kier molecular flexibility index (Phi) is 4.75. The molecule has 1 fully saturated rings. The highest BCUT2D eigenvalue weighted by atomic mass is 35.5. The monoisotopic (exact) mass is 333 g/mol. The first-order valence-corrected chi connectivity index (χ1v) is 8.60. The molecule has 116 valence electrons. The van der Waals surface area contributed by atoms with Crippen molar-refractivity contribution in [3.05, 3.63) is 28.8 Å². The Labute approximate surface area is 127 Å². The van der Waals surface area contributed by atoms with Crippen LogP contribution in [0, 0.1) is 0 Å². The summed E-state index contributed by atoms with van der Waals surface area (Å²) in [6.45, 7) is 0.0329. The molecule has 8 heteroatoms. The number of phenolic OH excluding ortho intramolecular Hbond substituents is 1. The molecule has 1 aromatic rings. The molecule has 0 radical (unpaired) electrons. The van der Waals surface area contributed by atoms with Crippen LogP contribution >= 0.6 is 11.6 Å². The SMILES string of the molecule is O=C(O)CN(Cc1ccc(O)c(Cl)c1)C1CCS(=O)(=O)C1. The van der Waals surface area contributed by atoms with Crippen molar-refractivity contribution in [2.45, 2.75) is 19.0 Å². The number of carboxylic acids is 1. The first-order valence-electron chi connectivity index (χ1n) is 6.40. The van der Waals surface area contributed by atoms with Gasteiger partial charge in [0.15, 0.2) is 9.84 Å². The highest BCUT2D eigenvalue weighted by Crippen LogP contribution is 2.26. The van der Waals surface area contributed by atoms with Crippen LogP contribution in [0.3, 0.4) is 0 Å². The lowest BCUT2D eigenvalue weighted by atomic mass is 10.1. The predicted octanol–water partition coefficient (Wildman–Crippen LogP) is 1.12. The Morgan fingerprint density at radius 1 is 1.43 bits per heavy atom. The van der Waals surface area contributed by atoms with Crippen molar-refractivity contribution < 1.29 is 23.4 Å². The van der Waals surface area contributed by atoms with Gasteiger partial charge < -0.3 is 10.2 Å². The molecule has 1 saturated heterocycles. The summed E-state index contributed by atoms with van der Waals surface area (Å²) in [7, 11) is -3.08. The first-order chi connectivity index (χ1) is 9.77. The molecule has 2 N–H and O–H groups in total. The average Bonchev–Trinajstić information content (AvgIpc) is 2.73. The van der Waals surface area contributed by atoms with E-state index in [0.717, 1.165) is 5.56 Å². The van der Waals surface area contributed by atoms with Gasteiger partial charge in [-0.2, -0.15) is 0 Å². The van der Waals surface area contributed by atoms with Crippen molar-refractivity contribution >= 4 is 27.4 Å². The molecular formula is C13H16ClNO5S. The lowest BCUT2D eigenvalue weighted by Gasteiger charge is -2.26. The van der Waals surface area contributed by atoms with E-state index < -0.39 is 15.8 Å². The van der Waals surface area contributed by atoms with Gasteiger partial charge in [0.25, 0.3) is 0 Å². The van der Waals surface area contributed by atoms with Crippen LogP contribution in [0.15, 0.2) is 18.2 Å². The van der Waals surface area contributed by atoms with Gasteiger partial charge in [-0.25, -0.2) is 8.42 Å². The summed E-state index contributed by atoms with van der Waals surface area (Å²) in [6, 6.07) is 4.31. The zero-order chi connectivity index (χ0) is 15.6. The highest BCUT2D eigenvalue weighted by Gasteiger charge is 2.33. The third kappa shape index (κ3) is 4.33. The van der Waals surface area contributed by atoms with Gasteiger partial charge in [0.2, 0.25) is 0 Å². The van der Waals surface area contributed by atoms with Crippen LogP contribution in [0.1, 0.15) is 12.0 Å². The standard InChI is InChI=1S/C13H16ClNO5S/c14-11-5-9(1-2-12(11)16)6-15(7-13(17)18)10-3-4-21(19,20)8-10/h1-2,5,10,16H,3-4,6-8H2,(H,17,18). The number of benzene rings is 1. The molecule has 0 bridgehead atoms. The van der Waals surface area contributed by atoms with Crippen LogP contribution in [0.4, 0.5) is 0 Å². The minimum atomic E-state index is -3.08. The van der Waals surface area contributed by atoms with Gasteiger partial charge in [-0.3, -0.25) is 9.69 Å². The topological polar surface area (TPSA) is 94.9 Å². The number of sulfone groups is 1. The van der Waals surface area contributed by atoms with Crippen LogP contribution in [-0.4, -0.2) is 53.6 Å². The molecule has 1 aliphatic rings. The van der Waals surface area contributed by atoms with E-state index in [4.69, 9.17) is 16.7 Å². The summed E-state index contributed by atoms with van der Waals surface area (Å²) < 4.78 is 23.1. The number of halogens is 1. The number of aliphatic carboxylic acids is 1. The van der Waals surface area contributed by atoms with Crippen molar-refractivity contribution in [1.82, 2.24) is 4.90 Å². The minimum Gasteiger partial charge on any atom is -0.506 e. The van der Waals surface area contributed by atoms with Gasteiger partial charge in [-0.05, 0) is 24.1 Å². The number of aromatic hydroxyl groups is 1. The van der Waals surface area contributed by atoms with Gasteiger partial charge in [-0.15, -0.1) is 0 Å². The van der Waals surface area contributed by atoms with E-state index >= 15 is 0 Å². The highest BCUT2D eigenvalue weighted by molar-refractivity contribution is 7.91. The van der Waals surface area contributed by atoms with Crippen LogP contribution < -0.4 is 0 Å². The van der Waals surface area contributed by atoms with Crippen LogP contribution in [0.2, 0.25) is 5.02 Å². The zero-order valence-corrected chi connectivity index (χ0v) is 12.8. The molecule has 0 aromatic heterocycles. The largest absolute Gasteiger partial charge is 0.506 e. The third-order valence-electron chi connectivity index (χ3n) is 3.46. The molecule has 0 aliphatic carbocycles. The molecule has 21 heavy (non-hydrogen) atoms. The molecule has 2 rings (SSSR count). The van der Waals surface area contributed by atoms with E-state index in [1.165, 1.54) is 6.07 Å². The minimum absolute atomic E-state index is 0.0217. The fourth-order valence-electron chi connectivity index (χ4n) is 2.43. The number of rotatable bonds is 5. The Balaban J connectivity index is 2.16. The van der Waals surface area contributed by atoms with Gasteiger partial charge in [-0.1, -0.05) is 17.7 Å². The summed E-state index contributed by atoms with van der Waals surface area (Å²) >= 11 is 5.83. The van der Waals surface area contributed by atoms with E-state index in [-0.39, 0.29) is 41.4 Å². The van der Waals surface area contributed by atoms with Crippen molar-refractivity contribution in [3.8, 4) is 5.75 Å². The summed E-state index contributed by atoms with van der Waals surface area (Å²) in [6.07, 6.45) is 0.432. The Bertz CT molecular complexity index is 646. The van der Waals surface area contributed by atoms with Crippen molar-refractivity contribution in [3.63, 3.8) is 0 Å². The van der Waals surface area contributed by atoms with E-state index in [2.05, 4.69) is 0 Å². The van der Waals surface area contributed by atoms with E-state index in [0.29, 0.717) is 6.42 Å². The second-order valence-electron chi connectivity index (χ2n) is 5.14. The number of carboxylic acid groups (broad SMARTS) is 1. The Hall–Kier alpha value is -1.31. The van der Waals surface area contributed by atoms with E-state index in [1.807, 2.05) is 0 Å². The smallest absolute Gasteiger partial charge is 0.317 e. The summed E-state index contributed by atoms with van der Waals surface area (Å²) in [5.74, 6) is -0.992. The number of hydrogen-bond donors (Lipinski definition) is 2. The lowest BCUT2D eigenvalue weighted by molar-refractivity contribution is -0.139. The second kappa shape index (κ2) is 6.21. The van der Waals surface area contributed by atoms with Crippen LogP contribution in [0.25, 0.3) is 0 Å². The van der Waals surface area contributed by atoms with Gasteiger partial charge in [0.05, 0.1) is 23.1 Å². The fraction of sp³-hybridized carbons (Fsp3) is 0.462. The third-order valence-corrected chi connectivity index (χ3v) is 5.51. The Morgan fingerprint density at radius 3 is 2.67 bits per heavy atom.